The van der Waals surface area contributed by atoms with Crippen molar-refractivity contribution in [2.75, 3.05) is 5.32 Å². The van der Waals surface area contributed by atoms with Crippen LogP contribution in [0.1, 0.15) is 43.1 Å². The Bertz CT molecular complexity index is 500. The molecule has 2 atom stereocenters. The largest absolute Gasteiger partial charge is 0.478 e. The number of hydrogen-bond donors (Lipinski definition) is 3. The van der Waals surface area contributed by atoms with E-state index in [9.17, 15) is 9.59 Å². The highest BCUT2D eigenvalue weighted by atomic mass is 16.4. The second kappa shape index (κ2) is 6.93. The molecule has 2 amide bonds. The zero-order valence-corrected chi connectivity index (χ0v) is 12.4. The SMILES string of the molecule is CCC(C)C(C)NC(=O)Nc1ccc(C(=O)O)c(C)c1. The summed E-state index contributed by atoms with van der Waals surface area (Å²) in [6.45, 7) is 7.83. The van der Waals surface area contributed by atoms with Crippen LogP contribution < -0.4 is 10.6 Å². The number of aromatic carboxylic acids is 1. The molecule has 0 spiro atoms. The molecule has 20 heavy (non-hydrogen) atoms. The number of aryl methyl sites for hydroxylation is 1. The van der Waals surface area contributed by atoms with Gasteiger partial charge in [-0.25, -0.2) is 9.59 Å². The molecule has 1 rings (SSSR count). The van der Waals surface area contributed by atoms with Crippen LogP contribution in [0.2, 0.25) is 0 Å². The van der Waals surface area contributed by atoms with E-state index in [1.165, 1.54) is 6.07 Å². The minimum atomic E-state index is -0.969. The van der Waals surface area contributed by atoms with Crippen LogP contribution in [-0.4, -0.2) is 23.1 Å². The number of carbonyl (C=O) groups is 2. The number of urea groups is 1. The molecule has 1 aromatic carbocycles. The van der Waals surface area contributed by atoms with E-state index in [1.54, 1.807) is 19.1 Å². The Hall–Kier alpha value is -2.04. The van der Waals surface area contributed by atoms with Gasteiger partial charge in [0.1, 0.15) is 0 Å². The van der Waals surface area contributed by atoms with Crippen LogP contribution in [-0.2, 0) is 0 Å². The van der Waals surface area contributed by atoms with Gasteiger partial charge in [-0.05, 0) is 43.5 Å². The molecule has 0 radical (unpaired) electrons. The number of nitrogens with one attached hydrogen (secondary N) is 2. The Morgan fingerprint density at radius 2 is 1.95 bits per heavy atom. The van der Waals surface area contributed by atoms with Crippen LogP contribution in [0, 0.1) is 12.8 Å². The maximum Gasteiger partial charge on any atom is 0.335 e. The van der Waals surface area contributed by atoms with E-state index in [0.717, 1.165) is 6.42 Å². The monoisotopic (exact) mass is 278 g/mol. The van der Waals surface area contributed by atoms with Crippen LogP contribution in [0.4, 0.5) is 10.5 Å². The molecular weight excluding hydrogens is 256 g/mol. The molecule has 5 heteroatoms. The first-order valence-electron chi connectivity index (χ1n) is 6.76. The number of anilines is 1. The van der Waals surface area contributed by atoms with E-state index in [0.29, 0.717) is 17.2 Å². The van der Waals surface area contributed by atoms with E-state index in [-0.39, 0.29) is 17.6 Å². The molecule has 3 N–H and O–H groups in total. The van der Waals surface area contributed by atoms with Crippen LogP contribution in [0.25, 0.3) is 0 Å². The van der Waals surface area contributed by atoms with Gasteiger partial charge >= 0.3 is 12.0 Å². The highest BCUT2D eigenvalue weighted by Crippen LogP contribution is 2.15. The summed E-state index contributed by atoms with van der Waals surface area (Å²) in [7, 11) is 0. The summed E-state index contributed by atoms with van der Waals surface area (Å²) in [6.07, 6.45) is 0.994. The van der Waals surface area contributed by atoms with Gasteiger partial charge < -0.3 is 15.7 Å². The lowest BCUT2D eigenvalue weighted by molar-refractivity contribution is 0.0696. The first-order valence-corrected chi connectivity index (χ1v) is 6.76. The molecule has 0 aliphatic rings. The Morgan fingerprint density at radius 3 is 2.45 bits per heavy atom. The smallest absolute Gasteiger partial charge is 0.335 e. The average molecular weight is 278 g/mol. The first kappa shape index (κ1) is 16.0. The molecular formula is C15H22N2O3. The number of carboxylic acids is 1. The van der Waals surface area contributed by atoms with Crippen molar-refractivity contribution in [1.82, 2.24) is 5.32 Å². The van der Waals surface area contributed by atoms with Crippen molar-refractivity contribution in [3.63, 3.8) is 0 Å². The minimum Gasteiger partial charge on any atom is -0.478 e. The number of carbonyl (C=O) groups excluding carboxylic acids is 1. The van der Waals surface area contributed by atoms with Gasteiger partial charge in [0, 0.05) is 11.7 Å². The molecule has 5 nitrogen and oxygen atoms in total. The van der Waals surface area contributed by atoms with Gasteiger partial charge in [0.25, 0.3) is 0 Å². The van der Waals surface area contributed by atoms with Crippen molar-refractivity contribution >= 4 is 17.7 Å². The molecule has 2 unspecified atom stereocenters. The molecule has 0 aliphatic heterocycles. The van der Waals surface area contributed by atoms with E-state index in [2.05, 4.69) is 24.5 Å². The maximum atomic E-state index is 11.8. The van der Waals surface area contributed by atoms with Gasteiger partial charge in [-0.1, -0.05) is 20.3 Å². The number of hydrogen-bond acceptors (Lipinski definition) is 2. The summed E-state index contributed by atoms with van der Waals surface area (Å²) in [5.74, 6) is -0.569. The van der Waals surface area contributed by atoms with Crippen molar-refractivity contribution in [1.29, 1.82) is 0 Å². The van der Waals surface area contributed by atoms with Gasteiger partial charge in [-0.3, -0.25) is 0 Å². The molecule has 0 saturated carbocycles. The fraction of sp³-hybridized carbons (Fsp3) is 0.467. The molecule has 0 bridgehead atoms. The maximum absolute atomic E-state index is 11.8. The van der Waals surface area contributed by atoms with Gasteiger partial charge in [0.2, 0.25) is 0 Å². The average Bonchev–Trinajstić information content (AvgIpc) is 2.37. The number of carboxylic acid groups (broad SMARTS) is 1. The number of amides is 2. The normalized spacial score (nSPS) is 13.4. The Morgan fingerprint density at radius 1 is 1.30 bits per heavy atom. The van der Waals surface area contributed by atoms with E-state index >= 15 is 0 Å². The summed E-state index contributed by atoms with van der Waals surface area (Å²) in [6, 6.07) is 4.53. The van der Waals surface area contributed by atoms with E-state index in [1.807, 2.05) is 6.92 Å². The van der Waals surface area contributed by atoms with Crippen molar-refractivity contribution in [3.05, 3.63) is 29.3 Å². The topological polar surface area (TPSA) is 78.4 Å². The van der Waals surface area contributed by atoms with Crippen molar-refractivity contribution in [3.8, 4) is 0 Å². The molecule has 0 fully saturated rings. The third kappa shape index (κ3) is 4.26. The van der Waals surface area contributed by atoms with Crippen LogP contribution in [0.5, 0.6) is 0 Å². The van der Waals surface area contributed by atoms with Gasteiger partial charge in [-0.15, -0.1) is 0 Å². The minimum absolute atomic E-state index is 0.0828. The fourth-order valence-corrected chi connectivity index (χ4v) is 1.85. The lowest BCUT2D eigenvalue weighted by atomic mass is 10.0. The van der Waals surface area contributed by atoms with E-state index < -0.39 is 5.97 Å². The predicted molar refractivity (Wildman–Crippen MR) is 79.2 cm³/mol. The molecule has 1 aromatic rings. The lowest BCUT2D eigenvalue weighted by Gasteiger charge is -2.20. The number of benzene rings is 1. The lowest BCUT2D eigenvalue weighted by Crippen LogP contribution is -2.39. The fourth-order valence-electron chi connectivity index (χ4n) is 1.85. The molecule has 0 aromatic heterocycles. The summed E-state index contributed by atoms with van der Waals surface area (Å²) < 4.78 is 0. The quantitative estimate of drug-likeness (QED) is 0.773. The predicted octanol–water partition coefficient (Wildman–Crippen LogP) is 3.25. The van der Waals surface area contributed by atoms with Crippen molar-refractivity contribution in [2.45, 2.75) is 40.2 Å². The third-order valence-corrected chi connectivity index (χ3v) is 3.57. The second-order valence-electron chi connectivity index (χ2n) is 5.11. The van der Waals surface area contributed by atoms with Crippen LogP contribution in [0.15, 0.2) is 18.2 Å². The third-order valence-electron chi connectivity index (χ3n) is 3.57. The molecule has 0 saturated heterocycles. The van der Waals surface area contributed by atoms with Crippen LogP contribution >= 0.6 is 0 Å². The van der Waals surface area contributed by atoms with Crippen molar-refractivity contribution in [2.24, 2.45) is 5.92 Å². The number of rotatable bonds is 5. The Labute approximate surface area is 119 Å². The van der Waals surface area contributed by atoms with Gasteiger partial charge in [0.15, 0.2) is 0 Å². The highest BCUT2D eigenvalue weighted by molar-refractivity contribution is 5.92. The van der Waals surface area contributed by atoms with Crippen LogP contribution in [0.3, 0.4) is 0 Å². The summed E-state index contributed by atoms with van der Waals surface area (Å²) in [5, 5.41) is 14.5. The van der Waals surface area contributed by atoms with E-state index in [4.69, 9.17) is 5.11 Å². The second-order valence-corrected chi connectivity index (χ2v) is 5.11. The molecule has 0 aliphatic carbocycles. The van der Waals surface area contributed by atoms with Gasteiger partial charge in [0.05, 0.1) is 5.56 Å². The summed E-state index contributed by atoms with van der Waals surface area (Å²) in [5.41, 5.74) is 1.44. The summed E-state index contributed by atoms with van der Waals surface area (Å²) >= 11 is 0. The molecule has 110 valence electrons. The first-order chi connectivity index (χ1) is 9.35. The zero-order valence-electron chi connectivity index (χ0n) is 12.4. The summed E-state index contributed by atoms with van der Waals surface area (Å²) in [4.78, 5) is 22.7. The standard InChI is InChI=1S/C15H22N2O3/c1-5-9(2)11(4)16-15(20)17-12-6-7-13(14(18)19)10(3)8-12/h6-9,11H,5H2,1-4H3,(H,18,19)(H2,16,17,20). The zero-order chi connectivity index (χ0) is 15.3. The highest BCUT2D eigenvalue weighted by Gasteiger charge is 2.13. The Balaban J connectivity index is 2.67. The Kier molecular flexibility index (Phi) is 5.55. The van der Waals surface area contributed by atoms with Crippen molar-refractivity contribution < 1.29 is 14.7 Å². The molecule has 0 heterocycles. The van der Waals surface area contributed by atoms with Gasteiger partial charge in [-0.2, -0.15) is 0 Å².